The van der Waals surface area contributed by atoms with Gasteiger partial charge in [-0.05, 0) is 36.2 Å². The van der Waals surface area contributed by atoms with Crippen molar-refractivity contribution in [2.24, 2.45) is 0 Å². The second-order valence-electron chi connectivity index (χ2n) is 4.35. The number of benzene rings is 2. The number of amides is 1. The highest BCUT2D eigenvalue weighted by molar-refractivity contribution is 5.93. The number of carbonyl (C=O) groups is 1. The molecule has 0 saturated carbocycles. The molecule has 0 aliphatic heterocycles. The number of carbonyl (C=O) groups excluding carboxylic acids is 1. The molecule has 2 rings (SSSR count). The van der Waals surface area contributed by atoms with Gasteiger partial charge in [0.25, 0.3) is 5.91 Å². The summed E-state index contributed by atoms with van der Waals surface area (Å²) >= 11 is 0. The number of rotatable bonds is 5. The van der Waals surface area contributed by atoms with E-state index < -0.39 is 5.91 Å². The van der Waals surface area contributed by atoms with Gasteiger partial charge in [0.2, 0.25) is 0 Å². The summed E-state index contributed by atoms with van der Waals surface area (Å²) in [5.41, 5.74) is 3.71. The van der Waals surface area contributed by atoms with Crippen LogP contribution in [0.1, 0.15) is 15.9 Å². The maximum atomic E-state index is 11.2. The summed E-state index contributed by atoms with van der Waals surface area (Å²) in [6.07, 6.45) is 0.645. The largest absolute Gasteiger partial charge is 0.288 e. The number of hydroxylamine groups is 2. The van der Waals surface area contributed by atoms with E-state index in [-0.39, 0.29) is 0 Å². The first-order valence-electron chi connectivity index (χ1n) is 6.25. The van der Waals surface area contributed by atoms with Gasteiger partial charge in [0.05, 0.1) is 5.69 Å². The van der Waals surface area contributed by atoms with Gasteiger partial charge in [-0.1, -0.05) is 30.3 Å². The average Bonchev–Trinajstić information content (AvgIpc) is 2.53. The van der Waals surface area contributed by atoms with Gasteiger partial charge in [-0.2, -0.15) is 0 Å². The van der Waals surface area contributed by atoms with E-state index in [1.165, 1.54) is 5.06 Å². The molecule has 0 aliphatic carbocycles. The third kappa shape index (κ3) is 3.57. The number of anilines is 1. The van der Waals surface area contributed by atoms with Crippen molar-refractivity contribution in [3.05, 3.63) is 65.7 Å². The number of hydrogen-bond acceptors (Lipinski definition) is 4. The molecular formula is C15H16N2O3. The lowest BCUT2D eigenvalue weighted by atomic mass is 10.1. The maximum Gasteiger partial charge on any atom is 0.274 e. The molecule has 20 heavy (non-hydrogen) atoms. The molecule has 2 aromatic rings. The zero-order valence-electron chi connectivity index (χ0n) is 10.9. The molecule has 0 fully saturated rings. The Morgan fingerprint density at radius 2 is 1.70 bits per heavy atom. The normalized spacial score (nSPS) is 10.1. The minimum atomic E-state index is -0.537. The minimum Gasteiger partial charge on any atom is -0.288 e. The molecule has 0 saturated heterocycles. The molecule has 0 spiro atoms. The Balaban J connectivity index is 1.93. The fourth-order valence-corrected chi connectivity index (χ4v) is 1.85. The Labute approximate surface area is 117 Å². The van der Waals surface area contributed by atoms with E-state index in [1.54, 1.807) is 29.7 Å². The smallest absolute Gasteiger partial charge is 0.274 e. The zero-order valence-corrected chi connectivity index (χ0v) is 10.9. The van der Waals surface area contributed by atoms with Gasteiger partial charge in [-0.25, -0.2) is 5.48 Å². The van der Waals surface area contributed by atoms with Crippen LogP contribution in [-0.2, 0) is 6.42 Å². The Bertz CT molecular complexity index is 555. The Hall–Kier alpha value is -2.37. The van der Waals surface area contributed by atoms with Gasteiger partial charge < -0.3 is 0 Å². The van der Waals surface area contributed by atoms with Gasteiger partial charge in [0.15, 0.2) is 0 Å². The van der Waals surface area contributed by atoms with Crippen LogP contribution in [0.5, 0.6) is 0 Å². The second-order valence-corrected chi connectivity index (χ2v) is 4.35. The van der Waals surface area contributed by atoms with Crippen LogP contribution in [0.25, 0.3) is 0 Å². The van der Waals surface area contributed by atoms with Crippen LogP contribution in [0.2, 0.25) is 0 Å². The summed E-state index contributed by atoms with van der Waals surface area (Å²) in [7, 11) is 0. The predicted octanol–water partition coefficient (Wildman–Crippen LogP) is 2.24. The number of nitrogens with one attached hydrogen (secondary N) is 1. The molecule has 0 aliphatic rings. The number of hydrogen-bond donors (Lipinski definition) is 3. The molecule has 0 radical (unpaired) electrons. The molecule has 0 unspecified atom stereocenters. The standard InChI is InChI=1S/C15H16N2O3/c18-15(16-19)13-8-6-12(7-9-13)10-11-17(20)14-4-2-1-3-5-14/h1-9,19-20H,10-11H2,(H,16,18). The van der Waals surface area contributed by atoms with Crippen molar-refractivity contribution >= 4 is 11.6 Å². The lowest BCUT2D eigenvalue weighted by Crippen LogP contribution is -2.21. The monoisotopic (exact) mass is 272 g/mol. The van der Waals surface area contributed by atoms with Crippen LogP contribution in [-0.4, -0.2) is 22.9 Å². The van der Waals surface area contributed by atoms with E-state index in [0.29, 0.717) is 18.5 Å². The summed E-state index contributed by atoms with van der Waals surface area (Å²) in [5.74, 6) is -0.537. The molecule has 104 valence electrons. The first-order valence-corrected chi connectivity index (χ1v) is 6.25. The lowest BCUT2D eigenvalue weighted by Gasteiger charge is -2.16. The first kappa shape index (κ1) is 14.0. The van der Waals surface area contributed by atoms with Crippen LogP contribution >= 0.6 is 0 Å². The zero-order chi connectivity index (χ0) is 14.4. The molecule has 0 bridgehead atoms. The summed E-state index contributed by atoms with van der Waals surface area (Å²) in [5, 5.41) is 19.6. The molecule has 0 atom stereocenters. The van der Waals surface area contributed by atoms with Crippen LogP contribution < -0.4 is 10.5 Å². The number of nitrogens with zero attached hydrogens (tertiary/aromatic N) is 1. The van der Waals surface area contributed by atoms with Crippen molar-refractivity contribution in [1.82, 2.24) is 5.48 Å². The highest BCUT2D eigenvalue weighted by Gasteiger charge is 2.05. The molecule has 2 aromatic carbocycles. The predicted molar refractivity (Wildman–Crippen MR) is 75.0 cm³/mol. The molecule has 3 N–H and O–H groups in total. The minimum absolute atomic E-state index is 0.389. The molecule has 0 heterocycles. The van der Waals surface area contributed by atoms with Gasteiger partial charge in [-0.15, -0.1) is 0 Å². The van der Waals surface area contributed by atoms with Crippen LogP contribution in [0.3, 0.4) is 0 Å². The van der Waals surface area contributed by atoms with Crippen molar-refractivity contribution in [3.8, 4) is 0 Å². The van der Waals surface area contributed by atoms with Crippen molar-refractivity contribution in [3.63, 3.8) is 0 Å². The summed E-state index contributed by atoms with van der Waals surface area (Å²) < 4.78 is 0. The maximum absolute atomic E-state index is 11.2. The topological polar surface area (TPSA) is 72.8 Å². The summed E-state index contributed by atoms with van der Waals surface area (Å²) in [6.45, 7) is 0.454. The van der Waals surface area contributed by atoms with Crippen molar-refractivity contribution in [1.29, 1.82) is 0 Å². The van der Waals surface area contributed by atoms with Gasteiger partial charge >= 0.3 is 0 Å². The SMILES string of the molecule is O=C(NO)c1ccc(CCN(O)c2ccccc2)cc1. The Morgan fingerprint density at radius 1 is 1.05 bits per heavy atom. The highest BCUT2D eigenvalue weighted by Crippen LogP contribution is 2.12. The first-order chi connectivity index (χ1) is 9.70. The Morgan fingerprint density at radius 3 is 2.30 bits per heavy atom. The second kappa shape index (κ2) is 6.70. The molecule has 5 nitrogen and oxygen atoms in total. The highest BCUT2D eigenvalue weighted by atomic mass is 16.5. The van der Waals surface area contributed by atoms with E-state index in [9.17, 15) is 10.0 Å². The molecule has 5 heteroatoms. The molecule has 0 aromatic heterocycles. The molecule has 1 amide bonds. The van der Waals surface area contributed by atoms with Crippen LogP contribution in [0, 0.1) is 0 Å². The summed E-state index contributed by atoms with van der Waals surface area (Å²) in [4.78, 5) is 11.2. The fourth-order valence-electron chi connectivity index (χ4n) is 1.85. The van der Waals surface area contributed by atoms with E-state index >= 15 is 0 Å². The Kier molecular flexibility index (Phi) is 4.70. The van der Waals surface area contributed by atoms with E-state index in [4.69, 9.17) is 5.21 Å². The van der Waals surface area contributed by atoms with Gasteiger partial charge in [-0.3, -0.25) is 20.3 Å². The quantitative estimate of drug-likeness (QED) is 0.576. The van der Waals surface area contributed by atoms with Crippen LogP contribution in [0.4, 0.5) is 5.69 Å². The van der Waals surface area contributed by atoms with E-state index in [0.717, 1.165) is 11.3 Å². The van der Waals surface area contributed by atoms with Crippen molar-refractivity contribution in [2.45, 2.75) is 6.42 Å². The number of para-hydroxylation sites is 1. The van der Waals surface area contributed by atoms with Crippen molar-refractivity contribution in [2.75, 3.05) is 11.6 Å². The third-order valence-corrected chi connectivity index (χ3v) is 2.98. The third-order valence-electron chi connectivity index (χ3n) is 2.98. The van der Waals surface area contributed by atoms with E-state index in [1.807, 2.05) is 30.3 Å². The van der Waals surface area contributed by atoms with Gasteiger partial charge in [0, 0.05) is 12.1 Å². The fraction of sp³-hybridized carbons (Fsp3) is 0.133. The van der Waals surface area contributed by atoms with Crippen LogP contribution in [0.15, 0.2) is 54.6 Å². The lowest BCUT2D eigenvalue weighted by molar-refractivity contribution is 0.0706. The van der Waals surface area contributed by atoms with Gasteiger partial charge in [0.1, 0.15) is 0 Å². The van der Waals surface area contributed by atoms with E-state index in [2.05, 4.69) is 0 Å². The summed E-state index contributed by atoms with van der Waals surface area (Å²) in [6, 6.07) is 16.1. The van der Waals surface area contributed by atoms with Crippen molar-refractivity contribution < 1.29 is 15.2 Å². The molecular weight excluding hydrogens is 256 g/mol. The average molecular weight is 272 g/mol.